The van der Waals surface area contributed by atoms with E-state index in [4.69, 9.17) is 4.98 Å². The normalized spacial score (nSPS) is 13.8. The van der Waals surface area contributed by atoms with Gasteiger partial charge in [0.05, 0.1) is 0 Å². The summed E-state index contributed by atoms with van der Waals surface area (Å²) < 4.78 is 16.6. The van der Waals surface area contributed by atoms with Gasteiger partial charge in [-0.3, -0.25) is 0 Å². The summed E-state index contributed by atoms with van der Waals surface area (Å²) in [7, 11) is 0. The van der Waals surface area contributed by atoms with Gasteiger partial charge in [-0.25, -0.2) is 0 Å². The van der Waals surface area contributed by atoms with Gasteiger partial charge in [-0.2, -0.15) is 0 Å². The molecule has 5 nitrogen and oxygen atoms in total. The van der Waals surface area contributed by atoms with Crippen LogP contribution in [-0.4, -0.2) is 26.1 Å². The Balaban J connectivity index is 1.54. The summed E-state index contributed by atoms with van der Waals surface area (Å²) in [6.07, 6.45) is 0.692. The number of phenols is 1. The molecule has 0 atom stereocenters. The van der Waals surface area contributed by atoms with Gasteiger partial charge < -0.3 is 0 Å². The number of benzene rings is 3. The van der Waals surface area contributed by atoms with E-state index >= 15 is 0 Å². The number of rotatable bonds is 5. The molecule has 1 aliphatic heterocycles. The number of hydrogen-bond acceptors (Lipinski definition) is 4. The first-order valence-electron chi connectivity index (χ1n) is 11.3. The van der Waals surface area contributed by atoms with Crippen molar-refractivity contribution in [1.82, 2.24) is 14.5 Å². The first-order chi connectivity index (χ1) is 16.5. The SMILES string of the molecule is O=c1c2c(n[c]([Hg])n1C(c1ccccc1)c1ccccc1)CCN(Cc1ccc(O)c(F)c1)C2. The summed E-state index contributed by atoms with van der Waals surface area (Å²) in [5.74, 6) is -0.982. The fourth-order valence-electron chi connectivity index (χ4n) is 4.66. The van der Waals surface area contributed by atoms with E-state index in [0.717, 1.165) is 37.8 Å². The summed E-state index contributed by atoms with van der Waals surface area (Å²) in [4.78, 5) is 21.0. The number of halogens is 1. The van der Waals surface area contributed by atoms with Crippen molar-refractivity contribution in [1.29, 1.82) is 0 Å². The molecule has 0 aliphatic carbocycles. The van der Waals surface area contributed by atoms with E-state index in [1.807, 2.05) is 41.0 Å². The average molecular weight is 641 g/mol. The second-order valence-corrected chi connectivity index (χ2v) is 11.1. The van der Waals surface area contributed by atoms with Crippen LogP contribution in [0.4, 0.5) is 4.39 Å². The number of fused-ring (bicyclic) bond motifs is 1. The van der Waals surface area contributed by atoms with E-state index in [1.165, 1.54) is 12.1 Å². The van der Waals surface area contributed by atoms with Crippen LogP contribution in [0, 0.1) is 5.82 Å². The average Bonchev–Trinajstić information content (AvgIpc) is 2.85. The van der Waals surface area contributed by atoms with Crippen LogP contribution in [0.25, 0.3) is 0 Å². The van der Waals surface area contributed by atoms with Crippen LogP contribution in [0.1, 0.15) is 34.0 Å². The minimum atomic E-state index is -0.630. The van der Waals surface area contributed by atoms with Gasteiger partial charge in [-0.05, 0) is 0 Å². The van der Waals surface area contributed by atoms with Gasteiger partial charge in [0.15, 0.2) is 0 Å². The molecule has 0 amide bonds. The monoisotopic (exact) mass is 642 g/mol. The summed E-state index contributed by atoms with van der Waals surface area (Å²) in [6.45, 7) is 1.72. The predicted octanol–water partition coefficient (Wildman–Crippen LogP) is 3.46. The molecule has 1 N–H and O–H groups in total. The van der Waals surface area contributed by atoms with E-state index in [-0.39, 0.29) is 43.5 Å². The number of aromatic hydroxyl groups is 1. The van der Waals surface area contributed by atoms with Crippen LogP contribution in [0.3, 0.4) is 0 Å². The molecule has 0 fully saturated rings. The number of phenolic OH excluding ortho intramolecular Hbond substituents is 1. The Bertz CT molecular complexity index is 1340. The Morgan fingerprint density at radius 1 is 1.00 bits per heavy atom. The third kappa shape index (κ3) is 4.57. The molecule has 0 saturated carbocycles. The zero-order valence-electron chi connectivity index (χ0n) is 18.7. The van der Waals surface area contributed by atoms with Crippen molar-refractivity contribution < 1.29 is 35.6 Å². The number of hydrogen-bond donors (Lipinski definition) is 1. The Labute approximate surface area is 213 Å². The van der Waals surface area contributed by atoms with Crippen molar-refractivity contribution >= 4 is 3.33 Å². The zero-order chi connectivity index (χ0) is 23.7. The quantitative estimate of drug-likeness (QED) is 0.340. The molecular weight excluding hydrogens is 618 g/mol. The molecule has 1 aromatic heterocycles. The van der Waals surface area contributed by atoms with Gasteiger partial charge in [0.2, 0.25) is 0 Å². The molecule has 1 aliphatic rings. The van der Waals surface area contributed by atoms with Crippen LogP contribution >= 0.6 is 0 Å². The fraction of sp³-hybridized carbons (Fsp3) is 0.185. The van der Waals surface area contributed by atoms with Crippen LogP contribution in [-0.2, 0) is 45.6 Å². The fourth-order valence-corrected chi connectivity index (χ4v) is 6.67. The number of aromatic nitrogens is 2. The molecule has 34 heavy (non-hydrogen) atoms. The molecule has 0 unspecified atom stereocenters. The molecule has 0 saturated heterocycles. The molecule has 167 valence electrons. The first kappa shape index (κ1) is 22.9. The maximum atomic E-state index is 14.0. The molecule has 0 bridgehead atoms. The van der Waals surface area contributed by atoms with Crippen molar-refractivity contribution in [2.45, 2.75) is 25.6 Å². The summed E-state index contributed by atoms with van der Waals surface area (Å²) >= 11 is 0.150. The van der Waals surface area contributed by atoms with Gasteiger partial charge in [0, 0.05) is 0 Å². The van der Waals surface area contributed by atoms with Crippen LogP contribution in [0.15, 0.2) is 83.7 Å². The predicted molar refractivity (Wildman–Crippen MR) is 124 cm³/mol. The van der Waals surface area contributed by atoms with Crippen molar-refractivity contribution in [3.8, 4) is 5.75 Å². The Hall–Kier alpha value is -2.83. The zero-order valence-corrected chi connectivity index (χ0v) is 24.2. The van der Waals surface area contributed by atoms with Crippen molar-refractivity contribution in [2.24, 2.45) is 0 Å². The third-order valence-electron chi connectivity index (χ3n) is 6.32. The second kappa shape index (κ2) is 9.80. The first-order valence-corrected chi connectivity index (χ1v) is 14.0. The van der Waals surface area contributed by atoms with Crippen molar-refractivity contribution in [3.63, 3.8) is 0 Å². The van der Waals surface area contributed by atoms with Gasteiger partial charge in [0.25, 0.3) is 0 Å². The van der Waals surface area contributed by atoms with Crippen LogP contribution < -0.4 is 8.89 Å². The summed E-state index contributed by atoms with van der Waals surface area (Å²) in [6, 6.07) is 24.4. The maximum absolute atomic E-state index is 14.0. The molecule has 4 aromatic rings. The Kier molecular flexibility index (Phi) is 6.61. The van der Waals surface area contributed by atoms with Gasteiger partial charge in [0.1, 0.15) is 0 Å². The van der Waals surface area contributed by atoms with E-state index in [9.17, 15) is 14.3 Å². The second-order valence-electron chi connectivity index (χ2n) is 8.60. The van der Waals surface area contributed by atoms with E-state index < -0.39 is 5.82 Å². The summed E-state index contributed by atoms with van der Waals surface area (Å²) in [5, 5.41) is 9.48. The summed E-state index contributed by atoms with van der Waals surface area (Å²) in [5.41, 5.74) is 4.49. The topological polar surface area (TPSA) is 58.4 Å². The van der Waals surface area contributed by atoms with E-state index in [0.29, 0.717) is 19.5 Å². The molecule has 7 heteroatoms. The molecule has 5 rings (SSSR count). The minimum absolute atomic E-state index is 0.00860. The Morgan fingerprint density at radius 3 is 2.26 bits per heavy atom. The molecule has 0 radical (unpaired) electrons. The van der Waals surface area contributed by atoms with Crippen molar-refractivity contribution in [2.75, 3.05) is 6.54 Å². The third-order valence-corrected chi connectivity index (χ3v) is 8.26. The van der Waals surface area contributed by atoms with Gasteiger partial charge in [-0.15, -0.1) is 0 Å². The van der Waals surface area contributed by atoms with Crippen molar-refractivity contribution in [3.05, 3.63) is 123 Å². The van der Waals surface area contributed by atoms with Gasteiger partial charge in [-0.1, -0.05) is 0 Å². The molecular formula is C27H23FHgN3O2. The van der Waals surface area contributed by atoms with E-state index in [2.05, 4.69) is 29.2 Å². The Morgan fingerprint density at radius 2 is 1.65 bits per heavy atom. The molecule has 2 heterocycles. The molecule has 0 spiro atoms. The number of nitrogens with zero attached hydrogens (tertiary/aromatic N) is 3. The van der Waals surface area contributed by atoms with E-state index in [1.54, 1.807) is 6.07 Å². The van der Waals surface area contributed by atoms with Gasteiger partial charge >= 0.3 is 214 Å². The van der Waals surface area contributed by atoms with Crippen LogP contribution in [0.5, 0.6) is 5.75 Å². The van der Waals surface area contributed by atoms with Crippen LogP contribution in [0.2, 0.25) is 0 Å². The molecule has 3 aromatic carbocycles. The standard InChI is InChI=1S/C27H23FN3O2.Hg/c28-23-15-19(11-12-25(23)32)16-30-14-13-24-22(17-30)27(33)31(18-29-24)26(20-7-3-1-4-8-20)21-9-5-2-6-10-21;/h1-12,15,26,32H,13-14,16-17H2;.